The maximum atomic E-state index is 14.1. The highest BCUT2D eigenvalue weighted by Crippen LogP contribution is 2.44. The number of ether oxygens (including phenoxy) is 3. The number of halogens is 2. The summed E-state index contributed by atoms with van der Waals surface area (Å²) < 4.78 is 33.5. The van der Waals surface area contributed by atoms with Gasteiger partial charge in [0.15, 0.2) is 5.82 Å². The van der Waals surface area contributed by atoms with Crippen molar-refractivity contribution in [1.82, 2.24) is 24.4 Å². The molecule has 1 atom stereocenters. The average molecular weight is 727 g/mol. The lowest BCUT2D eigenvalue weighted by molar-refractivity contribution is -0.141. The molecule has 1 aliphatic carbocycles. The van der Waals surface area contributed by atoms with E-state index in [1.807, 2.05) is 49.5 Å². The van der Waals surface area contributed by atoms with Crippen LogP contribution in [0.3, 0.4) is 0 Å². The van der Waals surface area contributed by atoms with E-state index in [0.29, 0.717) is 47.7 Å². The molecule has 0 unspecified atom stereocenters. The Hall–Kier alpha value is -4.71. The number of hydrogen-bond donors (Lipinski definition) is 1. The summed E-state index contributed by atoms with van der Waals surface area (Å²) >= 11 is 7.04. The van der Waals surface area contributed by atoms with Gasteiger partial charge in [0.05, 0.1) is 18.7 Å². The molecule has 2 aromatic heterocycles. The third kappa shape index (κ3) is 8.01. The Morgan fingerprint density at radius 2 is 1.77 bits per heavy atom. The topological polar surface area (TPSA) is 93.5 Å². The van der Waals surface area contributed by atoms with Gasteiger partial charge in [0.25, 0.3) is 0 Å². The molecule has 0 amide bonds. The predicted octanol–water partition coefficient (Wildman–Crippen LogP) is 6.78. The first-order valence-electron chi connectivity index (χ1n) is 17.8. The molecule has 3 heterocycles. The third-order valence-corrected chi connectivity index (χ3v) is 10.4. The van der Waals surface area contributed by atoms with Gasteiger partial charge in [0, 0.05) is 56.5 Å². The Morgan fingerprint density at radius 3 is 2.52 bits per heavy atom. The van der Waals surface area contributed by atoms with E-state index in [0.717, 1.165) is 71.9 Å². The first-order chi connectivity index (χ1) is 25.3. The van der Waals surface area contributed by atoms with Gasteiger partial charge in [-0.1, -0.05) is 48.0 Å². The van der Waals surface area contributed by atoms with E-state index in [2.05, 4.69) is 32.2 Å². The van der Waals surface area contributed by atoms with E-state index in [1.165, 1.54) is 38.4 Å². The van der Waals surface area contributed by atoms with Crippen LogP contribution in [-0.2, 0) is 16.0 Å². The number of likely N-dealkylation sites (N-methyl/N-ethyl adjacent to an activating group) is 1. The van der Waals surface area contributed by atoms with Gasteiger partial charge in [0.1, 0.15) is 41.8 Å². The number of benzene rings is 3. The number of fused-ring (bicyclic) bond motifs is 1. The highest BCUT2D eigenvalue weighted by molar-refractivity contribution is 6.33. The summed E-state index contributed by atoms with van der Waals surface area (Å²) in [4.78, 5) is 22.7. The quantitative estimate of drug-likeness (QED) is 0.124. The number of piperazine rings is 1. The number of anilines is 1. The maximum absolute atomic E-state index is 14.1. The van der Waals surface area contributed by atoms with Crippen LogP contribution in [0.1, 0.15) is 24.0 Å². The van der Waals surface area contributed by atoms with Crippen LogP contribution in [-0.4, -0.2) is 96.5 Å². The van der Waals surface area contributed by atoms with Crippen LogP contribution < -0.4 is 14.8 Å². The lowest BCUT2D eigenvalue weighted by atomic mass is 9.94. The van der Waals surface area contributed by atoms with Crippen molar-refractivity contribution in [2.75, 3.05) is 65.4 Å². The lowest BCUT2D eigenvalue weighted by Crippen LogP contribution is -2.45. The number of esters is 1. The van der Waals surface area contributed by atoms with E-state index in [4.69, 9.17) is 25.8 Å². The molecule has 0 spiro atoms. The summed E-state index contributed by atoms with van der Waals surface area (Å²) in [6, 6.07) is 17.2. The Bertz CT molecular complexity index is 2030. The normalized spacial score (nSPS) is 15.8. The fourth-order valence-electron chi connectivity index (χ4n) is 6.66. The van der Waals surface area contributed by atoms with Crippen molar-refractivity contribution < 1.29 is 23.4 Å². The molecule has 0 radical (unpaired) electrons. The Balaban J connectivity index is 1.24. The van der Waals surface area contributed by atoms with Gasteiger partial charge in [-0.3, -0.25) is 4.90 Å². The average Bonchev–Trinajstić information content (AvgIpc) is 3.91. The molecule has 1 saturated carbocycles. The zero-order valence-corrected chi connectivity index (χ0v) is 30.5. The zero-order valence-electron chi connectivity index (χ0n) is 29.8. The minimum absolute atomic E-state index is 0.301. The summed E-state index contributed by atoms with van der Waals surface area (Å²) in [5.74, 6) is 1.57. The molecule has 1 N–H and O–H groups in total. The Labute approximate surface area is 308 Å². The van der Waals surface area contributed by atoms with E-state index in [1.54, 1.807) is 16.6 Å². The second-order valence-corrected chi connectivity index (χ2v) is 14.0. The van der Waals surface area contributed by atoms with Crippen LogP contribution in [0.2, 0.25) is 5.02 Å². The minimum atomic E-state index is -0.799. The number of carbonyl (C=O) groups excluding carboxylic acids is 1. The van der Waals surface area contributed by atoms with Crippen LogP contribution >= 0.6 is 11.6 Å². The molecule has 2 aliphatic rings. The van der Waals surface area contributed by atoms with Crippen molar-refractivity contribution in [3.8, 4) is 33.8 Å². The molecule has 1 aliphatic heterocycles. The minimum Gasteiger partial charge on any atom is -0.493 e. The van der Waals surface area contributed by atoms with Crippen LogP contribution in [0.15, 0.2) is 73.2 Å². The number of aromatic nitrogens is 3. The van der Waals surface area contributed by atoms with Crippen molar-refractivity contribution in [3.05, 3.63) is 95.2 Å². The van der Waals surface area contributed by atoms with Crippen LogP contribution in [0.25, 0.3) is 27.8 Å². The highest BCUT2D eigenvalue weighted by Gasteiger charge is 2.28. The molecule has 2 fully saturated rings. The van der Waals surface area contributed by atoms with Crippen molar-refractivity contribution >= 4 is 28.9 Å². The smallest absolute Gasteiger partial charge is 0.328 e. The highest BCUT2D eigenvalue weighted by atomic mass is 35.5. The van der Waals surface area contributed by atoms with E-state index < -0.39 is 12.0 Å². The number of hydrogen-bond acceptors (Lipinski definition) is 9. The van der Waals surface area contributed by atoms with Gasteiger partial charge in [0.2, 0.25) is 0 Å². The summed E-state index contributed by atoms with van der Waals surface area (Å²) in [6.45, 7) is 8.04. The molecule has 0 bridgehead atoms. The lowest BCUT2D eigenvalue weighted by Gasteiger charge is -2.32. The summed E-state index contributed by atoms with van der Waals surface area (Å²) in [5, 5.41) is 8.45. The summed E-state index contributed by atoms with van der Waals surface area (Å²) in [6.07, 6.45) is 5.97. The van der Waals surface area contributed by atoms with Crippen molar-refractivity contribution in [3.63, 3.8) is 0 Å². The molecule has 7 rings (SSSR count). The van der Waals surface area contributed by atoms with E-state index >= 15 is 0 Å². The molecular weight excluding hydrogens is 683 g/mol. The molecule has 1 saturated heterocycles. The molecule has 272 valence electrons. The van der Waals surface area contributed by atoms with Crippen molar-refractivity contribution in [2.45, 2.75) is 32.2 Å². The number of para-hydroxylation sites is 1. The third-order valence-electron chi connectivity index (χ3n) is 9.98. The largest absolute Gasteiger partial charge is 0.493 e. The van der Waals surface area contributed by atoms with Crippen LogP contribution in [0.5, 0.6) is 11.5 Å². The van der Waals surface area contributed by atoms with Gasteiger partial charge in [-0.25, -0.2) is 18.7 Å². The predicted molar refractivity (Wildman–Crippen MR) is 201 cm³/mol. The van der Waals surface area contributed by atoms with E-state index in [-0.39, 0.29) is 5.82 Å². The molecule has 10 nitrogen and oxygen atoms in total. The molecule has 12 heteroatoms. The fourth-order valence-corrected chi connectivity index (χ4v) is 6.88. The SMILES string of the molecule is COC(=O)[C@@H](Cc1ccccc1OCC1CC1)Nc1ncnn2cc(-c3ccc(F)cc3)c(-c3ccc(OCCN4CCN(C)CC4)c(Cl)c3C)c12. The Kier molecular flexibility index (Phi) is 10.9. The van der Waals surface area contributed by atoms with Gasteiger partial charge < -0.3 is 24.4 Å². The Morgan fingerprint density at radius 1 is 1.00 bits per heavy atom. The number of carbonyl (C=O) groups is 1. The molecule has 5 aromatic rings. The van der Waals surface area contributed by atoms with Gasteiger partial charge >= 0.3 is 5.97 Å². The first kappa shape index (κ1) is 35.7. The molecular formula is C40H44ClFN6O4. The van der Waals surface area contributed by atoms with Crippen LogP contribution in [0.4, 0.5) is 10.2 Å². The molecule has 52 heavy (non-hydrogen) atoms. The van der Waals surface area contributed by atoms with Gasteiger partial charge in [-0.05, 0) is 79.3 Å². The second kappa shape index (κ2) is 15.9. The first-order valence-corrected chi connectivity index (χ1v) is 18.2. The zero-order chi connectivity index (χ0) is 36.2. The van der Waals surface area contributed by atoms with Crippen molar-refractivity contribution in [1.29, 1.82) is 0 Å². The second-order valence-electron chi connectivity index (χ2n) is 13.7. The van der Waals surface area contributed by atoms with Gasteiger partial charge in [-0.2, -0.15) is 5.10 Å². The maximum Gasteiger partial charge on any atom is 0.328 e. The standard InChI is InChI=1S/C40H44ClFN6O4/c1-26-31(14-15-35(37(26)41)51-21-20-47-18-16-46(2)17-19-47)36-32(28-10-12-30(42)13-11-28)23-48-38(36)39(43-25-44-48)45-33(40(49)50-3)22-29-6-4-5-7-34(29)52-24-27-8-9-27/h4-7,10-15,23,25,27,33H,8-9,16-22,24H2,1-3H3,(H,43,44,45)/t33-/m1/s1. The molecule has 3 aromatic carbocycles. The monoisotopic (exact) mass is 726 g/mol. The van der Waals surface area contributed by atoms with Crippen molar-refractivity contribution in [2.24, 2.45) is 5.92 Å². The van der Waals surface area contributed by atoms with E-state index in [9.17, 15) is 9.18 Å². The number of methoxy groups -OCH3 is 1. The van der Waals surface area contributed by atoms with Crippen LogP contribution in [0, 0.1) is 18.7 Å². The number of rotatable bonds is 14. The van der Waals surface area contributed by atoms with Gasteiger partial charge in [-0.15, -0.1) is 0 Å². The fraction of sp³-hybridized carbons (Fsp3) is 0.375. The number of nitrogens with one attached hydrogen (secondary N) is 1. The summed E-state index contributed by atoms with van der Waals surface area (Å²) in [7, 11) is 3.51. The number of nitrogens with zero attached hydrogens (tertiary/aromatic N) is 5. The summed E-state index contributed by atoms with van der Waals surface area (Å²) in [5.41, 5.74) is 5.47.